The van der Waals surface area contributed by atoms with Crippen LogP contribution in [0.25, 0.3) is 0 Å². The van der Waals surface area contributed by atoms with Crippen molar-refractivity contribution in [2.75, 3.05) is 0 Å². The molecule has 3 aromatic rings. The number of benzene rings is 2. The molecule has 35 heavy (non-hydrogen) atoms. The third-order valence-electron chi connectivity index (χ3n) is 5.60. The molecule has 186 valence electrons. The minimum atomic E-state index is -0.323. The molecule has 2 aromatic carbocycles. The second kappa shape index (κ2) is 11.9. The number of para-hydroxylation sites is 1. The Hall–Kier alpha value is -1.82. The second-order valence-electron chi connectivity index (χ2n) is 9.92. The molecule has 1 heterocycles. The predicted molar refractivity (Wildman–Crippen MR) is 157 cm³/mol. The van der Waals surface area contributed by atoms with Gasteiger partial charge in [-0.15, -0.1) is 0 Å². The molecule has 6 heteroatoms. The van der Waals surface area contributed by atoms with Gasteiger partial charge in [0.25, 0.3) is 0 Å². The highest BCUT2D eigenvalue weighted by Gasteiger charge is 2.23. The Bertz CT molecular complexity index is 1200. The van der Waals surface area contributed by atoms with Gasteiger partial charge in [0, 0.05) is 17.8 Å². The first-order valence-corrected chi connectivity index (χ1v) is 13.7. The van der Waals surface area contributed by atoms with E-state index in [1.807, 2.05) is 24.3 Å². The van der Waals surface area contributed by atoms with Crippen molar-refractivity contribution >= 4 is 54.9 Å². The van der Waals surface area contributed by atoms with Gasteiger partial charge in [-0.05, 0) is 100 Å². The molecule has 0 N–H and O–H groups in total. The van der Waals surface area contributed by atoms with E-state index in [-0.39, 0.29) is 11.5 Å². The van der Waals surface area contributed by atoms with Crippen LogP contribution in [0.3, 0.4) is 0 Å². The molecule has 0 fully saturated rings. The minimum absolute atomic E-state index is 0.0719. The number of rotatable bonds is 8. The molecular weight excluding hydrogens is 588 g/mol. The summed E-state index contributed by atoms with van der Waals surface area (Å²) in [5.41, 5.74) is 5.22. The number of aliphatic imine (C=N–C) groups is 1. The van der Waals surface area contributed by atoms with Crippen molar-refractivity contribution in [2.24, 2.45) is 10.4 Å². The van der Waals surface area contributed by atoms with Crippen LogP contribution in [0.5, 0.6) is 5.75 Å². The first kappa shape index (κ1) is 27.8. The highest BCUT2D eigenvalue weighted by Crippen LogP contribution is 2.36. The molecule has 1 atom stereocenters. The minimum Gasteiger partial charge on any atom is -0.480 e. The van der Waals surface area contributed by atoms with E-state index in [0.717, 1.165) is 31.7 Å². The van der Waals surface area contributed by atoms with Crippen molar-refractivity contribution in [1.29, 1.82) is 0 Å². The van der Waals surface area contributed by atoms with Crippen LogP contribution in [0.1, 0.15) is 44.1 Å². The van der Waals surface area contributed by atoms with Gasteiger partial charge >= 0.3 is 0 Å². The van der Waals surface area contributed by atoms with Crippen molar-refractivity contribution in [3.8, 4) is 5.75 Å². The summed E-state index contributed by atoms with van der Waals surface area (Å²) in [6, 6.07) is 16.1. The SMILES string of the molecule is Cc1cc(Br)c(O[C@@H](Cn2c(C)ccc2C)/C(C/C=C/C(C)(C)C)=N/c2ccccc2Cl)c(Br)c1. The lowest BCUT2D eigenvalue weighted by Crippen LogP contribution is -2.33. The zero-order valence-electron chi connectivity index (χ0n) is 21.2. The van der Waals surface area contributed by atoms with Crippen molar-refractivity contribution < 1.29 is 4.74 Å². The molecule has 0 amide bonds. The number of nitrogens with zero attached hydrogens (tertiary/aromatic N) is 2. The van der Waals surface area contributed by atoms with Gasteiger partial charge < -0.3 is 9.30 Å². The number of allylic oxidation sites excluding steroid dienone is 2. The Kier molecular flexibility index (Phi) is 9.47. The van der Waals surface area contributed by atoms with E-state index in [2.05, 4.69) is 114 Å². The smallest absolute Gasteiger partial charge is 0.155 e. The third-order valence-corrected chi connectivity index (χ3v) is 7.10. The van der Waals surface area contributed by atoms with Crippen LogP contribution >= 0.6 is 43.5 Å². The zero-order valence-corrected chi connectivity index (χ0v) is 25.1. The Labute approximate surface area is 231 Å². The van der Waals surface area contributed by atoms with Crippen LogP contribution in [0.2, 0.25) is 5.02 Å². The Morgan fingerprint density at radius 3 is 2.20 bits per heavy atom. The lowest BCUT2D eigenvalue weighted by atomic mass is 9.95. The summed E-state index contributed by atoms with van der Waals surface area (Å²) in [4.78, 5) is 5.06. The molecule has 0 aliphatic heterocycles. The molecular formula is C29H33Br2ClN2O. The monoisotopic (exact) mass is 618 g/mol. The number of halogens is 3. The van der Waals surface area contributed by atoms with Crippen LogP contribution in [-0.2, 0) is 6.54 Å². The standard InChI is InChI=1S/C29H33Br2ClN2O/c1-19-16-22(30)28(23(31)17-19)35-27(18-34-20(2)13-14-21(34)3)26(12-9-15-29(4,5)6)33-25-11-8-7-10-24(25)32/h7-11,13-17,27H,12,18H2,1-6H3/b15-9+,33-26+/t27-/m0/s1. The van der Waals surface area contributed by atoms with Crippen LogP contribution in [0, 0.1) is 26.2 Å². The average Bonchev–Trinajstić information content (AvgIpc) is 3.07. The maximum absolute atomic E-state index is 6.75. The topological polar surface area (TPSA) is 26.5 Å². The summed E-state index contributed by atoms with van der Waals surface area (Å²) in [7, 11) is 0. The highest BCUT2D eigenvalue weighted by atomic mass is 79.9. The van der Waals surface area contributed by atoms with Crippen LogP contribution in [0.4, 0.5) is 5.69 Å². The van der Waals surface area contributed by atoms with E-state index in [0.29, 0.717) is 18.0 Å². The lowest BCUT2D eigenvalue weighted by Gasteiger charge is -2.25. The molecule has 1 aromatic heterocycles. The van der Waals surface area contributed by atoms with E-state index in [4.69, 9.17) is 21.3 Å². The zero-order chi connectivity index (χ0) is 25.8. The fourth-order valence-corrected chi connectivity index (χ4v) is 5.56. The van der Waals surface area contributed by atoms with Gasteiger partial charge in [-0.1, -0.05) is 56.7 Å². The molecule has 0 bridgehead atoms. The van der Waals surface area contributed by atoms with E-state index in [9.17, 15) is 0 Å². The number of ether oxygens (including phenoxy) is 1. The van der Waals surface area contributed by atoms with Gasteiger partial charge in [0.1, 0.15) is 5.75 Å². The van der Waals surface area contributed by atoms with Crippen molar-refractivity contribution in [3.05, 3.63) is 91.6 Å². The summed E-state index contributed by atoms with van der Waals surface area (Å²) >= 11 is 13.9. The first-order valence-electron chi connectivity index (χ1n) is 11.7. The van der Waals surface area contributed by atoms with Gasteiger partial charge in [0.2, 0.25) is 0 Å². The van der Waals surface area contributed by atoms with Gasteiger partial charge in [-0.25, -0.2) is 0 Å². The Balaban J connectivity index is 2.12. The number of aromatic nitrogens is 1. The summed E-state index contributed by atoms with van der Waals surface area (Å²) in [6.45, 7) is 13.5. The van der Waals surface area contributed by atoms with Gasteiger partial charge in [0.05, 0.1) is 31.9 Å². The number of hydrogen-bond acceptors (Lipinski definition) is 2. The summed E-state index contributed by atoms with van der Waals surface area (Å²) in [5.74, 6) is 0.759. The number of hydrogen-bond donors (Lipinski definition) is 0. The molecule has 0 saturated carbocycles. The fourth-order valence-electron chi connectivity index (χ4n) is 3.78. The maximum atomic E-state index is 6.75. The first-order chi connectivity index (χ1) is 16.4. The summed E-state index contributed by atoms with van der Waals surface area (Å²) < 4.78 is 10.8. The van der Waals surface area contributed by atoms with E-state index >= 15 is 0 Å². The quantitative estimate of drug-likeness (QED) is 0.182. The van der Waals surface area contributed by atoms with Gasteiger partial charge in [-0.2, -0.15) is 0 Å². The maximum Gasteiger partial charge on any atom is 0.155 e. The fraction of sp³-hybridized carbons (Fsp3) is 0.345. The predicted octanol–water partition coefficient (Wildman–Crippen LogP) is 9.80. The highest BCUT2D eigenvalue weighted by molar-refractivity contribution is 9.11. The molecule has 0 aliphatic carbocycles. The summed E-state index contributed by atoms with van der Waals surface area (Å²) in [6.07, 6.45) is 4.72. The Morgan fingerprint density at radius 1 is 1.03 bits per heavy atom. The normalized spacial score (nSPS) is 13.5. The van der Waals surface area contributed by atoms with Crippen LogP contribution in [-0.4, -0.2) is 16.4 Å². The number of aryl methyl sites for hydroxylation is 3. The van der Waals surface area contributed by atoms with E-state index in [1.165, 1.54) is 11.4 Å². The molecule has 0 unspecified atom stereocenters. The molecule has 0 aliphatic rings. The average molecular weight is 621 g/mol. The van der Waals surface area contributed by atoms with Gasteiger partial charge in [0.15, 0.2) is 6.10 Å². The lowest BCUT2D eigenvalue weighted by molar-refractivity contribution is 0.237. The van der Waals surface area contributed by atoms with Crippen LogP contribution in [0.15, 0.2) is 74.6 Å². The van der Waals surface area contributed by atoms with Crippen molar-refractivity contribution in [1.82, 2.24) is 4.57 Å². The molecule has 3 rings (SSSR count). The molecule has 0 spiro atoms. The molecule has 0 radical (unpaired) electrons. The molecule has 3 nitrogen and oxygen atoms in total. The van der Waals surface area contributed by atoms with E-state index < -0.39 is 0 Å². The van der Waals surface area contributed by atoms with Crippen molar-refractivity contribution in [2.45, 2.75) is 60.6 Å². The van der Waals surface area contributed by atoms with Crippen LogP contribution < -0.4 is 4.74 Å². The van der Waals surface area contributed by atoms with Crippen molar-refractivity contribution in [3.63, 3.8) is 0 Å². The third kappa shape index (κ3) is 7.83. The molecule has 0 saturated heterocycles. The summed E-state index contributed by atoms with van der Waals surface area (Å²) in [5, 5.41) is 0.620. The second-order valence-corrected chi connectivity index (χ2v) is 12.0. The Morgan fingerprint density at radius 2 is 1.63 bits per heavy atom. The van der Waals surface area contributed by atoms with E-state index in [1.54, 1.807) is 0 Å². The van der Waals surface area contributed by atoms with Gasteiger partial charge in [-0.3, -0.25) is 4.99 Å². The largest absolute Gasteiger partial charge is 0.480 e.